The highest BCUT2D eigenvalue weighted by molar-refractivity contribution is 6.36. The van der Waals surface area contributed by atoms with Crippen LogP contribution in [-0.4, -0.2) is 12.6 Å². The van der Waals surface area contributed by atoms with E-state index < -0.39 is 0 Å². The molecule has 1 aliphatic rings. The summed E-state index contributed by atoms with van der Waals surface area (Å²) < 4.78 is 0. The van der Waals surface area contributed by atoms with Crippen LogP contribution >= 0.6 is 23.2 Å². The fourth-order valence-electron chi connectivity index (χ4n) is 2.50. The van der Waals surface area contributed by atoms with Gasteiger partial charge < -0.3 is 5.32 Å². The smallest absolute Gasteiger partial charge is 0.0453 e. The SMILES string of the molecule is CCC1CCNC1Cc1c(Cl)cccc1Cl. The molecule has 2 rings (SSSR count). The number of halogens is 2. The predicted molar refractivity (Wildman–Crippen MR) is 70.4 cm³/mol. The van der Waals surface area contributed by atoms with Crippen molar-refractivity contribution in [3.8, 4) is 0 Å². The van der Waals surface area contributed by atoms with Crippen molar-refractivity contribution in [1.82, 2.24) is 5.32 Å². The lowest BCUT2D eigenvalue weighted by Gasteiger charge is -2.19. The first-order valence-corrected chi connectivity index (χ1v) is 6.64. The Bertz CT molecular complexity index is 345. The Morgan fingerprint density at radius 1 is 1.31 bits per heavy atom. The van der Waals surface area contributed by atoms with Gasteiger partial charge in [-0.1, -0.05) is 42.6 Å². The number of benzene rings is 1. The first kappa shape index (κ1) is 12.2. The summed E-state index contributed by atoms with van der Waals surface area (Å²) in [6.07, 6.45) is 3.43. The van der Waals surface area contributed by atoms with Gasteiger partial charge in [0.25, 0.3) is 0 Å². The van der Waals surface area contributed by atoms with Gasteiger partial charge in [-0.3, -0.25) is 0 Å². The molecule has 1 nitrogen and oxygen atoms in total. The molecule has 1 aromatic rings. The molecule has 1 aliphatic heterocycles. The molecule has 0 amide bonds. The standard InChI is InChI=1S/C13H17Cl2N/c1-2-9-6-7-16-13(9)8-10-11(14)4-3-5-12(10)15/h3-5,9,13,16H,2,6-8H2,1H3. The van der Waals surface area contributed by atoms with Crippen molar-refractivity contribution in [2.45, 2.75) is 32.2 Å². The minimum absolute atomic E-state index is 0.530. The first-order chi connectivity index (χ1) is 7.72. The third-order valence-corrected chi connectivity index (χ3v) is 4.21. The Kier molecular flexibility index (Phi) is 4.12. The second kappa shape index (κ2) is 5.39. The molecule has 0 aliphatic carbocycles. The summed E-state index contributed by atoms with van der Waals surface area (Å²) in [7, 11) is 0. The van der Waals surface area contributed by atoms with Crippen molar-refractivity contribution in [3.05, 3.63) is 33.8 Å². The second-order valence-corrected chi connectivity index (χ2v) is 5.24. The molecule has 2 unspecified atom stereocenters. The minimum Gasteiger partial charge on any atom is -0.313 e. The maximum absolute atomic E-state index is 6.19. The third kappa shape index (κ3) is 2.53. The van der Waals surface area contributed by atoms with Crippen LogP contribution in [-0.2, 0) is 6.42 Å². The van der Waals surface area contributed by atoms with Crippen LogP contribution in [0.5, 0.6) is 0 Å². The number of rotatable bonds is 3. The zero-order chi connectivity index (χ0) is 11.5. The van der Waals surface area contributed by atoms with Gasteiger partial charge in [0.1, 0.15) is 0 Å². The second-order valence-electron chi connectivity index (χ2n) is 4.42. The molecular weight excluding hydrogens is 241 g/mol. The van der Waals surface area contributed by atoms with Gasteiger partial charge >= 0.3 is 0 Å². The van der Waals surface area contributed by atoms with Gasteiger partial charge in [-0.25, -0.2) is 0 Å². The zero-order valence-corrected chi connectivity index (χ0v) is 11.0. The molecule has 0 aromatic heterocycles. The van der Waals surface area contributed by atoms with Crippen LogP contribution in [0.1, 0.15) is 25.3 Å². The van der Waals surface area contributed by atoms with Gasteiger partial charge in [0.05, 0.1) is 0 Å². The largest absolute Gasteiger partial charge is 0.313 e. The molecule has 2 atom stereocenters. The molecule has 0 bridgehead atoms. The van der Waals surface area contributed by atoms with Crippen LogP contribution in [0.2, 0.25) is 10.0 Å². The Hall–Kier alpha value is -0.240. The highest BCUT2D eigenvalue weighted by atomic mass is 35.5. The van der Waals surface area contributed by atoms with E-state index in [0.29, 0.717) is 6.04 Å². The van der Waals surface area contributed by atoms with E-state index in [2.05, 4.69) is 12.2 Å². The number of nitrogens with one attached hydrogen (secondary N) is 1. The number of hydrogen-bond donors (Lipinski definition) is 1. The minimum atomic E-state index is 0.530. The van der Waals surface area contributed by atoms with Crippen molar-refractivity contribution in [3.63, 3.8) is 0 Å². The lowest BCUT2D eigenvalue weighted by Crippen LogP contribution is -2.29. The van der Waals surface area contributed by atoms with E-state index in [4.69, 9.17) is 23.2 Å². The molecule has 88 valence electrons. The topological polar surface area (TPSA) is 12.0 Å². The Morgan fingerprint density at radius 2 is 2.00 bits per heavy atom. The van der Waals surface area contributed by atoms with E-state index >= 15 is 0 Å². The third-order valence-electron chi connectivity index (χ3n) is 3.50. The van der Waals surface area contributed by atoms with Crippen molar-refractivity contribution in [2.24, 2.45) is 5.92 Å². The van der Waals surface area contributed by atoms with Gasteiger partial charge in [0.2, 0.25) is 0 Å². The van der Waals surface area contributed by atoms with E-state index in [1.54, 1.807) is 0 Å². The van der Waals surface area contributed by atoms with Crippen molar-refractivity contribution < 1.29 is 0 Å². The molecule has 1 N–H and O–H groups in total. The molecule has 1 saturated heterocycles. The summed E-state index contributed by atoms with van der Waals surface area (Å²) in [6.45, 7) is 3.37. The Balaban J connectivity index is 2.14. The quantitative estimate of drug-likeness (QED) is 0.866. The van der Waals surface area contributed by atoms with Crippen LogP contribution in [0.25, 0.3) is 0 Å². The first-order valence-electron chi connectivity index (χ1n) is 5.88. The van der Waals surface area contributed by atoms with E-state index in [1.807, 2.05) is 18.2 Å². The molecule has 3 heteroatoms. The van der Waals surface area contributed by atoms with Gasteiger partial charge in [-0.15, -0.1) is 0 Å². The zero-order valence-electron chi connectivity index (χ0n) is 9.47. The molecule has 1 aromatic carbocycles. The molecule has 1 heterocycles. The molecular formula is C13H17Cl2N. The average Bonchev–Trinajstić information content (AvgIpc) is 2.71. The highest BCUT2D eigenvalue weighted by Crippen LogP contribution is 2.29. The van der Waals surface area contributed by atoms with Gasteiger partial charge in [0, 0.05) is 16.1 Å². The van der Waals surface area contributed by atoms with Crippen LogP contribution < -0.4 is 5.32 Å². The normalized spacial score (nSPS) is 24.9. The van der Waals surface area contributed by atoms with Crippen LogP contribution in [0.15, 0.2) is 18.2 Å². The van der Waals surface area contributed by atoms with E-state index in [1.165, 1.54) is 12.8 Å². The molecule has 0 saturated carbocycles. The summed E-state index contributed by atoms with van der Waals surface area (Å²) in [4.78, 5) is 0. The van der Waals surface area contributed by atoms with Crippen molar-refractivity contribution in [1.29, 1.82) is 0 Å². The summed E-state index contributed by atoms with van der Waals surface area (Å²) >= 11 is 12.4. The van der Waals surface area contributed by atoms with Crippen LogP contribution in [0.3, 0.4) is 0 Å². The van der Waals surface area contributed by atoms with Crippen LogP contribution in [0.4, 0.5) is 0 Å². The summed E-state index contributed by atoms with van der Waals surface area (Å²) in [5, 5.41) is 5.12. The molecule has 1 fully saturated rings. The lowest BCUT2D eigenvalue weighted by atomic mass is 9.92. The average molecular weight is 258 g/mol. The fraction of sp³-hybridized carbons (Fsp3) is 0.538. The highest BCUT2D eigenvalue weighted by Gasteiger charge is 2.26. The van der Waals surface area contributed by atoms with Crippen molar-refractivity contribution >= 4 is 23.2 Å². The van der Waals surface area contributed by atoms with Gasteiger partial charge in [-0.2, -0.15) is 0 Å². The van der Waals surface area contributed by atoms with Crippen LogP contribution in [0, 0.1) is 5.92 Å². The summed E-state index contributed by atoms with van der Waals surface area (Å²) in [5.41, 5.74) is 1.09. The Labute approximate surface area is 107 Å². The molecule has 0 radical (unpaired) electrons. The maximum Gasteiger partial charge on any atom is 0.0453 e. The van der Waals surface area contributed by atoms with Gasteiger partial charge in [0.15, 0.2) is 0 Å². The monoisotopic (exact) mass is 257 g/mol. The molecule has 0 spiro atoms. The summed E-state index contributed by atoms with van der Waals surface area (Å²) in [5.74, 6) is 0.757. The Morgan fingerprint density at radius 3 is 2.62 bits per heavy atom. The van der Waals surface area contributed by atoms with Crippen molar-refractivity contribution in [2.75, 3.05) is 6.54 Å². The van der Waals surface area contributed by atoms with Gasteiger partial charge in [-0.05, 0) is 43.0 Å². The van der Waals surface area contributed by atoms with E-state index in [9.17, 15) is 0 Å². The number of hydrogen-bond acceptors (Lipinski definition) is 1. The fourth-order valence-corrected chi connectivity index (χ4v) is 3.05. The lowest BCUT2D eigenvalue weighted by molar-refractivity contribution is 0.433. The molecule has 16 heavy (non-hydrogen) atoms. The maximum atomic E-state index is 6.19. The van der Waals surface area contributed by atoms with E-state index in [0.717, 1.165) is 34.5 Å². The predicted octanol–water partition coefficient (Wildman–Crippen LogP) is 3.92. The summed E-state index contributed by atoms with van der Waals surface area (Å²) in [6, 6.07) is 6.26. The van der Waals surface area contributed by atoms with E-state index in [-0.39, 0.29) is 0 Å².